The minimum Gasteiger partial charge on any atom is -0.491 e. The van der Waals surface area contributed by atoms with Crippen LogP contribution in [0.15, 0.2) is 84.9 Å². The average molecular weight is 450 g/mol. The predicted octanol–water partition coefficient (Wildman–Crippen LogP) is 2.94. The van der Waals surface area contributed by atoms with Crippen molar-refractivity contribution in [3.05, 3.63) is 96.1 Å². The molecule has 0 spiro atoms. The van der Waals surface area contributed by atoms with Crippen molar-refractivity contribution in [1.82, 2.24) is 10.6 Å². The summed E-state index contributed by atoms with van der Waals surface area (Å²) in [5.41, 5.74) is 2.72. The third kappa shape index (κ3) is 8.94. The Bertz CT molecular complexity index is 952. The Hall–Kier alpha value is -3.39. The number of rotatable bonds is 12. The standard InChI is InChI=1S/C26H31N3O4/c30-18-23(27-17-24(31)19-33-25-9-5-2-6-10-25)15-20-11-13-22(14-12-20)29-26(32)28-16-21-7-3-1-4-8-21/h1-14,23-24,27,30-31H,15-19H2,(H2,28,29,32)/t23-,24-/m0/s1. The molecular weight excluding hydrogens is 418 g/mol. The van der Waals surface area contributed by atoms with Gasteiger partial charge in [0.2, 0.25) is 0 Å². The van der Waals surface area contributed by atoms with Gasteiger partial charge in [-0.1, -0.05) is 60.7 Å². The van der Waals surface area contributed by atoms with Crippen LogP contribution < -0.4 is 20.7 Å². The number of ether oxygens (including phenoxy) is 1. The summed E-state index contributed by atoms with van der Waals surface area (Å²) in [6, 6.07) is 26.0. The van der Waals surface area contributed by atoms with Crippen LogP contribution in [0.4, 0.5) is 10.5 Å². The molecule has 0 unspecified atom stereocenters. The van der Waals surface area contributed by atoms with Crippen molar-refractivity contribution in [2.24, 2.45) is 0 Å². The number of aliphatic hydroxyl groups excluding tert-OH is 2. The molecule has 0 radical (unpaired) electrons. The Kier molecular flexibility index (Phi) is 9.72. The number of amides is 2. The summed E-state index contributed by atoms with van der Waals surface area (Å²) >= 11 is 0. The van der Waals surface area contributed by atoms with Gasteiger partial charge in [-0.2, -0.15) is 0 Å². The molecule has 0 aliphatic rings. The predicted molar refractivity (Wildman–Crippen MR) is 129 cm³/mol. The number of anilines is 1. The fourth-order valence-corrected chi connectivity index (χ4v) is 3.23. The fourth-order valence-electron chi connectivity index (χ4n) is 3.23. The summed E-state index contributed by atoms with van der Waals surface area (Å²) < 4.78 is 5.55. The van der Waals surface area contributed by atoms with E-state index in [9.17, 15) is 15.0 Å². The van der Waals surface area contributed by atoms with E-state index < -0.39 is 6.10 Å². The van der Waals surface area contributed by atoms with Gasteiger partial charge in [-0.3, -0.25) is 0 Å². The van der Waals surface area contributed by atoms with Gasteiger partial charge in [0.25, 0.3) is 0 Å². The zero-order chi connectivity index (χ0) is 23.3. The van der Waals surface area contributed by atoms with Gasteiger partial charge in [0.15, 0.2) is 0 Å². The lowest BCUT2D eigenvalue weighted by Crippen LogP contribution is -2.41. The van der Waals surface area contributed by atoms with Crippen LogP contribution in [-0.4, -0.2) is 48.1 Å². The van der Waals surface area contributed by atoms with E-state index in [2.05, 4.69) is 16.0 Å². The summed E-state index contributed by atoms with van der Waals surface area (Å²) in [6.07, 6.45) is -0.108. The second kappa shape index (κ2) is 13.2. The van der Waals surface area contributed by atoms with Crippen molar-refractivity contribution in [3.8, 4) is 5.75 Å². The summed E-state index contributed by atoms with van der Waals surface area (Å²) in [7, 11) is 0. The highest BCUT2D eigenvalue weighted by molar-refractivity contribution is 5.89. The number of carbonyl (C=O) groups is 1. The minimum absolute atomic E-state index is 0.0614. The third-order valence-corrected chi connectivity index (χ3v) is 5.04. The Morgan fingerprint density at radius 1 is 0.879 bits per heavy atom. The first-order valence-corrected chi connectivity index (χ1v) is 11.0. The van der Waals surface area contributed by atoms with Crippen molar-refractivity contribution in [1.29, 1.82) is 0 Å². The SMILES string of the molecule is O=C(NCc1ccccc1)Nc1ccc(C[C@@H](CO)NC[C@H](O)COc2ccccc2)cc1. The minimum atomic E-state index is -0.694. The third-order valence-electron chi connectivity index (χ3n) is 5.04. The zero-order valence-corrected chi connectivity index (χ0v) is 18.5. The molecular formula is C26H31N3O4. The van der Waals surface area contributed by atoms with Crippen LogP contribution in [-0.2, 0) is 13.0 Å². The molecule has 0 fully saturated rings. The molecule has 2 atom stereocenters. The number of hydrogen-bond acceptors (Lipinski definition) is 5. The van der Waals surface area contributed by atoms with E-state index in [1.165, 1.54) is 0 Å². The Balaban J connectivity index is 1.38. The molecule has 0 aromatic heterocycles. The Labute approximate surface area is 194 Å². The second-order valence-electron chi connectivity index (χ2n) is 7.76. The van der Waals surface area contributed by atoms with E-state index in [1.54, 1.807) is 0 Å². The molecule has 174 valence electrons. The lowest BCUT2D eigenvalue weighted by molar-refractivity contribution is 0.0997. The quantitative estimate of drug-likeness (QED) is 0.293. The molecule has 0 saturated carbocycles. The fraction of sp³-hybridized carbons (Fsp3) is 0.269. The highest BCUT2D eigenvalue weighted by Crippen LogP contribution is 2.12. The molecule has 0 aliphatic carbocycles. The number of nitrogens with one attached hydrogen (secondary N) is 3. The maximum absolute atomic E-state index is 12.1. The monoisotopic (exact) mass is 449 g/mol. The molecule has 7 heteroatoms. The molecule has 0 saturated heterocycles. The Morgan fingerprint density at radius 2 is 1.55 bits per heavy atom. The number of benzene rings is 3. The number of hydrogen-bond donors (Lipinski definition) is 5. The average Bonchev–Trinajstić information content (AvgIpc) is 2.86. The summed E-state index contributed by atoms with van der Waals surface area (Å²) in [5.74, 6) is 0.706. The van der Waals surface area contributed by atoms with Crippen LogP contribution in [0, 0.1) is 0 Å². The lowest BCUT2D eigenvalue weighted by atomic mass is 10.1. The second-order valence-corrected chi connectivity index (χ2v) is 7.76. The lowest BCUT2D eigenvalue weighted by Gasteiger charge is -2.19. The smallest absolute Gasteiger partial charge is 0.319 e. The van der Waals surface area contributed by atoms with Gasteiger partial charge < -0.3 is 30.9 Å². The van der Waals surface area contributed by atoms with E-state index in [4.69, 9.17) is 4.74 Å². The number of urea groups is 1. The van der Waals surface area contributed by atoms with Crippen molar-refractivity contribution >= 4 is 11.7 Å². The van der Waals surface area contributed by atoms with Crippen LogP contribution in [0.5, 0.6) is 5.75 Å². The van der Waals surface area contributed by atoms with Crippen LogP contribution in [0.2, 0.25) is 0 Å². The van der Waals surface area contributed by atoms with Crippen LogP contribution in [0.1, 0.15) is 11.1 Å². The summed E-state index contributed by atoms with van der Waals surface area (Å²) in [6.45, 7) is 0.867. The van der Waals surface area contributed by atoms with E-state index in [0.717, 1.165) is 11.1 Å². The van der Waals surface area contributed by atoms with Gasteiger partial charge >= 0.3 is 6.03 Å². The molecule has 3 aromatic carbocycles. The van der Waals surface area contributed by atoms with Crippen molar-refractivity contribution < 1.29 is 19.7 Å². The van der Waals surface area contributed by atoms with Crippen molar-refractivity contribution in [2.45, 2.75) is 25.1 Å². The van der Waals surface area contributed by atoms with E-state index >= 15 is 0 Å². The van der Waals surface area contributed by atoms with E-state index in [-0.39, 0.29) is 25.3 Å². The zero-order valence-electron chi connectivity index (χ0n) is 18.5. The molecule has 2 amide bonds. The van der Waals surface area contributed by atoms with Gasteiger partial charge in [0.1, 0.15) is 18.5 Å². The maximum Gasteiger partial charge on any atom is 0.319 e. The summed E-state index contributed by atoms with van der Waals surface area (Å²) in [5, 5.41) is 28.6. The summed E-state index contributed by atoms with van der Waals surface area (Å²) in [4.78, 5) is 12.1. The van der Waals surface area contributed by atoms with Crippen molar-refractivity contribution in [2.75, 3.05) is 25.1 Å². The Morgan fingerprint density at radius 3 is 2.21 bits per heavy atom. The van der Waals surface area contributed by atoms with Gasteiger partial charge in [-0.15, -0.1) is 0 Å². The number of aliphatic hydroxyl groups is 2. The molecule has 33 heavy (non-hydrogen) atoms. The van der Waals surface area contributed by atoms with Crippen LogP contribution in [0.3, 0.4) is 0 Å². The molecule has 0 bridgehead atoms. The topological polar surface area (TPSA) is 103 Å². The molecule has 7 nitrogen and oxygen atoms in total. The first-order chi connectivity index (χ1) is 16.1. The molecule has 3 aromatic rings. The molecule has 3 rings (SSSR count). The highest BCUT2D eigenvalue weighted by Gasteiger charge is 2.12. The van der Waals surface area contributed by atoms with Gasteiger partial charge in [-0.05, 0) is 41.8 Å². The molecule has 0 aliphatic heterocycles. The first-order valence-electron chi connectivity index (χ1n) is 11.0. The molecule has 5 N–H and O–H groups in total. The van der Waals surface area contributed by atoms with Crippen LogP contribution >= 0.6 is 0 Å². The molecule has 0 heterocycles. The van der Waals surface area contributed by atoms with Crippen LogP contribution in [0.25, 0.3) is 0 Å². The highest BCUT2D eigenvalue weighted by atomic mass is 16.5. The van der Waals surface area contributed by atoms with Gasteiger partial charge in [0.05, 0.1) is 6.61 Å². The van der Waals surface area contributed by atoms with E-state index in [1.807, 2.05) is 84.9 Å². The van der Waals surface area contributed by atoms with Gasteiger partial charge in [-0.25, -0.2) is 4.79 Å². The van der Waals surface area contributed by atoms with Gasteiger partial charge in [0, 0.05) is 24.8 Å². The normalized spacial score (nSPS) is 12.5. The van der Waals surface area contributed by atoms with E-state index in [0.29, 0.717) is 30.9 Å². The largest absolute Gasteiger partial charge is 0.491 e. The first kappa shape index (κ1) is 24.3. The van der Waals surface area contributed by atoms with Crippen molar-refractivity contribution in [3.63, 3.8) is 0 Å². The maximum atomic E-state index is 12.1. The number of para-hydroxylation sites is 1. The number of carbonyl (C=O) groups excluding carboxylic acids is 1.